The lowest BCUT2D eigenvalue weighted by Gasteiger charge is -2.19. The van der Waals surface area contributed by atoms with Crippen molar-refractivity contribution in [2.75, 3.05) is 5.32 Å². The SMILES string of the molecule is CC(=O)c1ccc(NC(=O)C(=O)C(C(=O)/C=C/c2ccccc2)C2OC(=O)c3ccccc32)cc1. The molecule has 1 N–H and O–H groups in total. The van der Waals surface area contributed by atoms with Crippen molar-refractivity contribution in [1.29, 1.82) is 0 Å². The molecule has 0 fully saturated rings. The van der Waals surface area contributed by atoms with Gasteiger partial charge in [0.05, 0.1) is 5.56 Å². The quantitative estimate of drug-likeness (QED) is 0.175. The molecule has 0 saturated heterocycles. The van der Waals surface area contributed by atoms with Crippen LogP contribution in [0.2, 0.25) is 0 Å². The molecule has 4 rings (SSSR count). The van der Waals surface area contributed by atoms with Gasteiger partial charge >= 0.3 is 5.97 Å². The molecule has 0 saturated carbocycles. The van der Waals surface area contributed by atoms with Gasteiger partial charge in [0, 0.05) is 16.8 Å². The van der Waals surface area contributed by atoms with Gasteiger partial charge in [-0.3, -0.25) is 19.2 Å². The molecule has 1 heterocycles. The zero-order valence-electron chi connectivity index (χ0n) is 18.8. The number of hydrogen-bond donors (Lipinski definition) is 1. The van der Waals surface area contributed by atoms with E-state index >= 15 is 0 Å². The van der Waals surface area contributed by atoms with E-state index in [4.69, 9.17) is 4.74 Å². The smallest absolute Gasteiger partial charge is 0.339 e. The van der Waals surface area contributed by atoms with E-state index in [1.807, 2.05) is 6.07 Å². The molecule has 35 heavy (non-hydrogen) atoms. The van der Waals surface area contributed by atoms with E-state index < -0.39 is 35.5 Å². The first-order valence-corrected chi connectivity index (χ1v) is 10.9. The van der Waals surface area contributed by atoms with Crippen molar-refractivity contribution < 1.29 is 28.7 Å². The topological polar surface area (TPSA) is 107 Å². The number of amides is 1. The number of fused-ring (bicyclic) bond motifs is 1. The highest BCUT2D eigenvalue weighted by atomic mass is 16.5. The van der Waals surface area contributed by atoms with Crippen molar-refractivity contribution in [3.63, 3.8) is 0 Å². The molecule has 0 bridgehead atoms. The lowest BCUT2D eigenvalue weighted by atomic mass is 9.87. The fourth-order valence-corrected chi connectivity index (χ4v) is 3.81. The molecule has 1 aliphatic rings. The van der Waals surface area contributed by atoms with Gasteiger partial charge in [0.25, 0.3) is 5.91 Å². The standard InChI is InChI=1S/C28H21NO6/c1-17(30)19-12-14-20(15-13-19)29-27(33)25(32)24(23(31)16-11-18-7-3-2-4-8-18)26-21-9-5-6-10-22(21)28(34)35-26/h2-16,24,26H,1H3,(H,29,33)/b16-11+. The van der Waals surface area contributed by atoms with Crippen molar-refractivity contribution in [3.05, 3.63) is 107 Å². The van der Waals surface area contributed by atoms with Gasteiger partial charge in [-0.05, 0) is 48.9 Å². The Kier molecular flexibility index (Phi) is 6.78. The first-order valence-electron chi connectivity index (χ1n) is 10.9. The van der Waals surface area contributed by atoms with Crippen LogP contribution in [-0.2, 0) is 19.1 Å². The van der Waals surface area contributed by atoms with E-state index in [0.717, 1.165) is 5.56 Å². The number of hydrogen-bond acceptors (Lipinski definition) is 6. The number of esters is 1. The molecular weight excluding hydrogens is 446 g/mol. The van der Waals surface area contributed by atoms with Crippen molar-refractivity contribution in [3.8, 4) is 0 Å². The normalized spacial score (nSPS) is 15.2. The van der Waals surface area contributed by atoms with Crippen LogP contribution in [-0.4, -0.2) is 29.2 Å². The fourth-order valence-electron chi connectivity index (χ4n) is 3.81. The molecule has 3 aromatic rings. The maximum absolute atomic E-state index is 13.3. The number of ether oxygens (including phenoxy) is 1. The number of Topliss-reactive ketones (excluding diaryl/α,β-unsaturated/α-hetero) is 2. The van der Waals surface area contributed by atoms with Crippen molar-refractivity contribution in [2.45, 2.75) is 13.0 Å². The number of anilines is 1. The fraction of sp³-hybridized carbons (Fsp3) is 0.107. The van der Waals surface area contributed by atoms with E-state index in [1.165, 1.54) is 43.3 Å². The summed E-state index contributed by atoms with van der Waals surface area (Å²) in [6, 6.07) is 21.4. The summed E-state index contributed by atoms with van der Waals surface area (Å²) in [5, 5.41) is 2.46. The van der Waals surface area contributed by atoms with Crippen LogP contribution >= 0.6 is 0 Å². The second kappa shape index (κ2) is 10.1. The van der Waals surface area contributed by atoms with E-state index in [1.54, 1.807) is 48.5 Å². The van der Waals surface area contributed by atoms with Gasteiger partial charge in [0.1, 0.15) is 12.0 Å². The van der Waals surface area contributed by atoms with E-state index in [-0.39, 0.29) is 17.0 Å². The first kappa shape index (κ1) is 23.5. The van der Waals surface area contributed by atoms with Crippen LogP contribution in [0.1, 0.15) is 44.9 Å². The van der Waals surface area contributed by atoms with Gasteiger partial charge in [-0.1, -0.05) is 54.6 Å². The van der Waals surface area contributed by atoms with Crippen LogP contribution in [0.15, 0.2) is 84.9 Å². The van der Waals surface area contributed by atoms with Crippen LogP contribution in [0, 0.1) is 5.92 Å². The van der Waals surface area contributed by atoms with Crippen LogP contribution < -0.4 is 5.32 Å². The summed E-state index contributed by atoms with van der Waals surface area (Å²) < 4.78 is 5.40. The Labute approximate surface area is 201 Å². The lowest BCUT2D eigenvalue weighted by molar-refractivity contribution is -0.143. The Morgan fingerprint density at radius 2 is 1.54 bits per heavy atom. The third kappa shape index (κ3) is 5.14. The van der Waals surface area contributed by atoms with Crippen molar-refractivity contribution in [2.24, 2.45) is 5.92 Å². The number of rotatable bonds is 8. The number of benzene rings is 3. The molecule has 2 atom stereocenters. The van der Waals surface area contributed by atoms with Crippen LogP contribution in [0.4, 0.5) is 5.69 Å². The molecule has 0 aliphatic carbocycles. The molecule has 7 heteroatoms. The number of cyclic esters (lactones) is 1. The molecule has 2 unspecified atom stereocenters. The Morgan fingerprint density at radius 3 is 2.23 bits per heavy atom. The number of carbonyl (C=O) groups excluding carboxylic acids is 5. The Hall–Kier alpha value is -4.65. The third-order valence-electron chi connectivity index (χ3n) is 5.63. The zero-order valence-corrected chi connectivity index (χ0v) is 18.8. The molecule has 0 aromatic heterocycles. The van der Waals surface area contributed by atoms with Crippen LogP contribution in [0.25, 0.3) is 6.08 Å². The zero-order chi connectivity index (χ0) is 24.9. The van der Waals surface area contributed by atoms with Crippen LogP contribution in [0.3, 0.4) is 0 Å². The maximum atomic E-state index is 13.3. The van der Waals surface area contributed by atoms with E-state index in [0.29, 0.717) is 11.1 Å². The Morgan fingerprint density at radius 1 is 0.886 bits per heavy atom. The minimum atomic E-state index is -1.57. The summed E-state index contributed by atoms with van der Waals surface area (Å²) in [5.41, 5.74) is 2.07. The van der Waals surface area contributed by atoms with Crippen LogP contribution in [0.5, 0.6) is 0 Å². The summed E-state index contributed by atoms with van der Waals surface area (Å²) in [6.07, 6.45) is 1.51. The second-order valence-corrected chi connectivity index (χ2v) is 7.99. The predicted molar refractivity (Wildman–Crippen MR) is 129 cm³/mol. The second-order valence-electron chi connectivity index (χ2n) is 7.99. The highest BCUT2D eigenvalue weighted by Crippen LogP contribution is 2.37. The summed E-state index contributed by atoms with van der Waals surface area (Å²) in [6.45, 7) is 1.41. The Bertz CT molecular complexity index is 1340. The van der Waals surface area contributed by atoms with Gasteiger partial charge in [0.2, 0.25) is 5.78 Å². The van der Waals surface area contributed by atoms with Gasteiger partial charge in [0.15, 0.2) is 11.6 Å². The molecule has 0 spiro atoms. The Balaban J connectivity index is 1.63. The number of allylic oxidation sites excluding steroid dienone is 1. The van der Waals surface area contributed by atoms with E-state index in [9.17, 15) is 24.0 Å². The molecule has 1 aliphatic heterocycles. The van der Waals surface area contributed by atoms with Crippen molar-refractivity contribution in [1.82, 2.24) is 0 Å². The number of carbonyl (C=O) groups is 5. The molecule has 0 radical (unpaired) electrons. The van der Waals surface area contributed by atoms with Crippen molar-refractivity contribution >= 4 is 41.0 Å². The molecular formula is C28H21NO6. The minimum absolute atomic E-state index is 0.142. The minimum Gasteiger partial charge on any atom is -0.453 e. The molecule has 7 nitrogen and oxygen atoms in total. The lowest BCUT2D eigenvalue weighted by Crippen LogP contribution is -2.37. The predicted octanol–water partition coefficient (Wildman–Crippen LogP) is 4.21. The first-order chi connectivity index (χ1) is 16.8. The summed E-state index contributed by atoms with van der Waals surface area (Å²) in [7, 11) is 0. The average molecular weight is 467 g/mol. The average Bonchev–Trinajstić information content (AvgIpc) is 3.20. The monoisotopic (exact) mass is 467 g/mol. The number of ketones is 3. The van der Waals surface area contributed by atoms with Gasteiger partial charge in [-0.2, -0.15) is 0 Å². The molecule has 3 aromatic carbocycles. The van der Waals surface area contributed by atoms with Gasteiger partial charge in [-0.25, -0.2) is 4.79 Å². The number of nitrogens with one attached hydrogen (secondary N) is 1. The molecule has 174 valence electrons. The summed E-state index contributed by atoms with van der Waals surface area (Å²) in [5.74, 6) is -5.13. The molecule has 1 amide bonds. The summed E-state index contributed by atoms with van der Waals surface area (Å²) in [4.78, 5) is 63.2. The highest BCUT2D eigenvalue weighted by Gasteiger charge is 2.45. The van der Waals surface area contributed by atoms with E-state index in [2.05, 4.69) is 5.32 Å². The maximum Gasteiger partial charge on any atom is 0.339 e. The van der Waals surface area contributed by atoms with Gasteiger partial charge in [-0.15, -0.1) is 0 Å². The third-order valence-corrected chi connectivity index (χ3v) is 5.63. The highest BCUT2D eigenvalue weighted by molar-refractivity contribution is 6.45. The summed E-state index contributed by atoms with van der Waals surface area (Å²) >= 11 is 0. The largest absolute Gasteiger partial charge is 0.453 e. The van der Waals surface area contributed by atoms with Gasteiger partial charge < -0.3 is 10.1 Å².